The second kappa shape index (κ2) is 11.6. The maximum Gasteiger partial charge on any atom is 0.338 e. The molecule has 1 rings (SSSR count). The molecule has 0 saturated heterocycles. The topological polar surface area (TPSA) is 61.8 Å². The minimum atomic E-state index is -0.388. The van der Waals surface area contributed by atoms with Crippen LogP contribution < -0.4 is 4.74 Å². The van der Waals surface area contributed by atoms with Crippen molar-refractivity contribution in [1.82, 2.24) is 0 Å². The average molecular weight is 308 g/mol. The van der Waals surface area contributed by atoms with Gasteiger partial charge in [-0.15, -0.1) is 0 Å². The van der Waals surface area contributed by atoms with Crippen LogP contribution in [-0.2, 0) is 14.3 Å². The number of ether oxygens (including phenoxy) is 3. The van der Waals surface area contributed by atoms with Crippen molar-refractivity contribution in [2.24, 2.45) is 0 Å². The van der Waals surface area contributed by atoms with Gasteiger partial charge in [-0.2, -0.15) is 0 Å². The number of hydrogen-bond acceptors (Lipinski definition) is 5. The van der Waals surface area contributed by atoms with E-state index >= 15 is 0 Å². The lowest BCUT2D eigenvalue weighted by molar-refractivity contribution is -0.128. The van der Waals surface area contributed by atoms with E-state index in [1.807, 2.05) is 0 Å². The van der Waals surface area contributed by atoms with Crippen molar-refractivity contribution in [2.45, 2.75) is 39.0 Å². The molecule has 5 heteroatoms. The molecule has 0 saturated carbocycles. The number of rotatable bonds is 12. The Morgan fingerprint density at radius 1 is 1.00 bits per heavy atom. The van der Waals surface area contributed by atoms with Crippen LogP contribution in [0.4, 0.5) is 0 Å². The fourth-order valence-corrected chi connectivity index (χ4v) is 1.84. The summed E-state index contributed by atoms with van der Waals surface area (Å²) >= 11 is 0. The molecule has 5 nitrogen and oxygen atoms in total. The molecule has 0 radical (unpaired) electrons. The van der Waals surface area contributed by atoms with Gasteiger partial charge in [0.15, 0.2) is 0 Å². The van der Waals surface area contributed by atoms with Gasteiger partial charge in [0.05, 0.1) is 25.4 Å². The molecule has 0 spiro atoms. The summed E-state index contributed by atoms with van der Waals surface area (Å²) in [5, 5.41) is 0. The summed E-state index contributed by atoms with van der Waals surface area (Å²) in [6.07, 6.45) is 5.14. The number of benzene rings is 1. The molecule has 0 aliphatic carbocycles. The van der Waals surface area contributed by atoms with E-state index in [0.29, 0.717) is 25.1 Å². The number of carbonyl (C=O) groups excluding carboxylic acids is 2. The van der Waals surface area contributed by atoms with Gasteiger partial charge in [-0.05, 0) is 30.7 Å². The van der Waals surface area contributed by atoms with E-state index in [4.69, 9.17) is 9.47 Å². The second-order valence-electron chi connectivity index (χ2n) is 4.89. The minimum Gasteiger partial charge on any atom is -0.494 e. The first-order chi connectivity index (χ1) is 10.8. The Labute approximate surface area is 131 Å². The Hall–Kier alpha value is -2.04. The molecule has 1 aromatic rings. The number of carbonyl (C=O) groups is 2. The molecule has 0 heterocycles. The Morgan fingerprint density at radius 3 is 2.45 bits per heavy atom. The van der Waals surface area contributed by atoms with Crippen molar-refractivity contribution in [3.8, 4) is 5.75 Å². The molecule has 0 bridgehead atoms. The smallest absolute Gasteiger partial charge is 0.338 e. The van der Waals surface area contributed by atoms with Gasteiger partial charge in [0, 0.05) is 6.42 Å². The molecule has 22 heavy (non-hydrogen) atoms. The van der Waals surface area contributed by atoms with Crippen molar-refractivity contribution in [1.29, 1.82) is 0 Å². The van der Waals surface area contributed by atoms with E-state index in [1.54, 1.807) is 24.3 Å². The third-order valence-corrected chi connectivity index (χ3v) is 3.06. The molecule has 0 aromatic heterocycles. The predicted molar refractivity (Wildman–Crippen MR) is 83.0 cm³/mol. The van der Waals surface area contributed by atoms with Crippen molar-refractivity contribution in [3.63, 3.8) is 0 Å². The average Bonchev–Trinajstić information content (AvgIpc) is 2.55. The molecule has 0 atom stereocenters. The van der Waals surface area contributed by atoms with Crippen LogP contribution in [0.1, 0.15) is 49.4 Å². The second-order valence-corrected chi connectivity index (χ2v) is 4.89. The van der Waals surface area contributed by atoms with Crippen LogP contribution in [0.5, 0.6) is 5.75 Å². The van der Waals surface area contributed by atoms with Gasteiger partial charge >= 0.3 is 5.97 Å². The van der Waals surface area contributed by atoms with E-state index in [9.17, 15) is 9.59 Å². The largest absolute Gasteiger partial charge is 0.494 e. The highest BCUT2D eigenvalue weighted by Crippen LogP contribution is 2.14. The molecule has 0 unspecified atom stereocenters. The van der Waals surface area contributed by atoms with Gasteiger partial charge in [-0.1, -0.05) is 26.2 Å². The molecular weight excluding hydrogens is 284 g/mol. The first kappa shape index (κ1) is 18.0. The van der Waals surface area contributed by atoms with Crippen LogP contribution in [0.3, 0.4) is 0 Å². The highest BCUT2D eigenvalue weighted by atomic mass is 16.5. The van der Waals surface area contributed by atoms with Crippen LogP contribution in [0, 0.1) is 0 Å². The Kier molecular flexibility index (Phi) is 9.50. The maximum atomic E-state index is 11.7. The van der Waals surface area contributed by atoms with Gasteiger partial charge in [0.1, 0.15) is 5.75 Å². The zero-order valence-corrected chi connectivity index (χ0v) is 13.1. The third kappa shape index (κ3) is 7.67. The molecule has 1 aromatic carbocycles. The van der Waals surface area contributed by atoms with Crippen molar-refractivity contribution in [2.75, 3.05) is 19.8 Å². The quantitative estimate of drug-likeness (QED) is 0.336. The van der Waals surface area contributed by atoms with E-state index < -0.39 is 0 Å². The highest BCUT2D eigenvalue weighted by Gasteiger charge is 2.07. The van der Waals surface area contributed by atoms with Crippen LogP contribution in [-0.4, -0.2) is 32.3 Å². The summed E-state index contributed by atoms with van der Waals surface area (Å²) in [7, 11) is 0. The van der Waals surface area contributed by atoms with Gasteiger partial charge in [-0.25, -0.2) is 4.79 Å². The minimum absolute atomic E-state index is 0.225. The van der Waals surface area contributed by atoms with Crippen molar-refractivity contribution < 1.29 is 23.8 Å². The Morgan fingerprint density at radius 2 is 1.77 bits per heavy atom. The summed E-state index contributed by atoms with van der Waals surface area (Å²) in [6.45, 7) is 3.72. The monoisotopic (exact) mass is 308 g/mol. The van der Waals surface area contributed by atoms with Gasteiger partial charge in [-0.3, -0.25) is 4.79 Å². The summed E-state index contributed by atoms with van der Waals surface area (Å²) in [4.78, 5) is 21.7. The van der Waals surface area contributed by atoms with E-state index in [-0.39, 0.29) is 19.2 Å². The lowest BCUT2D eigenvalue weighted by Gasteiger charge is -2.07. The zero-order chi connectivity index (χ0) is 16.0. The van der Waals surface area contributed by atoms with Crippen LogP contribution in [0.25, 0.3) is 0 Å². The lowest BCUT2D eigenvalue weighted by Crippen LogP contribution is -2.08. The normalized spacial score (nSPS) is 10.0. The number of hydrogen-bond donors (Lipinski definition) is 0. The Bertz CT molecular complexity index is 427. The van der Waals surface area contributed by atoms with E-state index in [0.717, 1.165) is 12.2 Å². The third-order valence-electron chi connectivity index (χ3n) is 3.06. The van der Waals surface area contributed by atoms with Crippen molar-refractivity contribution in [3.05, 3.63) is 29.8 Å². The molecule has 0 amide bonds. The first-order valence-electron chi connectivity index (χ1n) is 7.73. The maximum absolute atomic E-state index is 11.7. The summed E-state index contributed by atoms with van der Waals surface area (Å²) < 4.78 is 15.2. The molecule has 122 valence electrons. The summed E-state index contributed by atoms with van der Waals surface area (Å²) in [5.74, 6) is 0.369. The van der Waals surface area contributed by atoms with Crippen LogP contribution in [0.2, 0.25) is 0 Å². The molecular formula is C17H24O5. The van der Waals surface area contributed by atoms with Gasteiger partial charge in [0.25, 0.3) is 6.47 Å². The van der Waals surface area contributed by atoms with E-state index in [1.165, 1.54) is 19.3 Å². The molecule has 0 aliphatic rings. The highest BCUT2D eigenvalue weighted by molar-refractivity contribution is 5.89. The SMILES string of the molecule is CCCCCCOc1ccc(C(=O)OCCCOC=O)cc1. The van der Waals surface area contributed by atoms with Crippen LogP contribution >= 0.6 is 0 Å². The number of esters is 1. The fraction of sp³-hybridized carbons (Fsp3) is 0.529. The van der Waals surface area contributed by atoms with E-state index in [2.05, 4.69) is 11.7 Å². The first-order valence-corrected chi connectivity index (χ1v) is 7.73. The van der Waals surface area contributed by atoms with Crippen LogP contribution in [0.15, 0.2) is 24.3 Å². The summed E-state index contributed by atoms with van der Waals surface area (Å²) in [6, 6.07) is 6.91. The standard InChI is InChI=1S/C17H24O5/c1-2-3-4-5-12-21-16-9-7-15(8-10-16)17(19)22-13-6-11-20-14-18/h7-10,14H,2-6,11-13H2,1H3. The predicted octanol–water partition coefficient (Wildman–Crippen LogP) is 3.37. The fourth-order valence-electron chi connectivity index (χ4n) is 1.84. The summed E-state index contributed by atoms with van der Waals surface area (Å²) in [5.41, 5.74) is 0.481. The van der Waals surface area contributed by atoms with Gasteiger partial charge in [0.2, 0.25) is 0 Å². The number of unbranched alkanes of at least 4 members (excludes halogenated alkanes) is 3. The van der Waals surface area contributed by atoms with Gasteiger partial charge < -0.3 is 14.2 Å². The molecule has 0 aliphatic heterocycles. The molecule has 0 fully saturated rings. The van der Waals surface area contributed by atoms with Crippen molar-refractivity contribution >= 4 is 12.4 Å². The zero-order valence-electron chi connectivity index (χ0n) is 13.1. The molecule has 0 N–H and O–H groups in total. The lowest BCUT2D eigenvalue weighted by atomic mass is 10.2. The Balaban J connectivity index is 2.25.